The van der Waals surface area contributed by atoms with E-state index in [2.05, 4.69) is 37.1 Å². The summed E-state index contributed by atoms with van der Waals surface area (Å²) in [5.41, 5.74) is 1.25. The smallest absolute Gasteiger partial charge is 0.0750 e. The Kier molecular flexibility index (Phi) is 6.16. The highest BCUT2D eigenvalue weighted by molar-refractivity contribution is 5.11. The summed E-state index contributed by atoms with van der Waals surface area (Å²) in [7, 11) is 1.79. The Morgan fingerprint density at radius 1 is 1.41 bits per heavy atom. The highest BCUT2D eigenvalue weighted by Gasteiger charge is 2.23. The van der Waals surface area contributed by atoms with Crippen molar-refractivity contribution in [2.45, 2.75) is 39.3 Å². The van der Waals surface area contributed by atoms with E-state index >= 15 is 0 Å². The number of rotatable bonds is 7. The second-order valence-corrected chi connectivity index (χ2v) is 4.67. The molecule has 96 valence electrons. The van der Waals surface area contributed by atoms with E-state index in [0.717, 1.165) is 13.0 Å². The lowest BCUT2D eigenvalue weighted by atomic mass is 9.94. The van der Waals surface area contributed by atoms with Gasteiger partial charge in [-0.15, -0.1) is 0 Å². The van der Waals surface area contributed by atoms with Crippen molar-refractivity contribution < 1.29 is 4.74 Å². The molecule has 0 saturated carbocycles. The summed E-state index contributed by atoms with van der Waals surface area (Å²) in [4.78, 5) is 4.16. The van der Waals surface area contributed by atoms with Gasteiger partial charge in [0.1, 0.15) is 0 Å². The number of hydrogen-bond acceptors (Lipinski definition) is 3. The number of ether oxygens (including phenoxy) is 1. The maximum absolute atomic E-state index is 5.62. The molecule has 0 radical (unpaired) electrons. The van der Waals surface area contributed by atoms with Crippen LogP contribution in [0.2, 0.25) is 0 Å². The molecular weight excluding hydrogens is 212 g/mol. The first-order chi connectivity index (χ1) is 8.19. The van der Waals surface area contributed by atoms with Gasteiger partial charge in [0, 0.05) is 25.5 Å². The molecule has 0 fully saturated rings. The molecule has 2 unspecified atom stereocenters. The van der Waals surface area contributed by atoms with Gasteiger partial charge in [0.05, 0.1) is 6.10 Å². The monoisotopic (exact) mass is 236 g/mol. The topological polar surface area (TPSA) is 34.2 Å². The molecule has 1 aromatic rings. The largest absolute Gasteiger partial charge is 0.380 e. The van der Waals surface area contributed by atoms with Crippen LogP contribution < -0.4 is 5.32 Å². The molecule has 0 bridgehead atoms. The predicted molar refractivity (Wildman–Crippen MR) is 71.0 cm³/mol. The lowest BCUT2D eigenvalue weighted by Crippen LogP contribution is -2.45. The zero-order valence-electron chi connectivity index (χ0n) is 11.3. The highest BCUT2D eigenvalue weighted by Crippen LogP contribution is 2.14. The second-order valence-electron chi connectivity index (χ2n) is 4.67. The van der Waals surface area contributed by atoms with Gasteiger partial charge in [0.2, 0.25) is 0 Å². The van der Waals surface area contributed by atoms with E-state index in [1.54, 1.807) is 7.11 Å². The molecule has 2 atom stereocenters. The molecule has 0 aliphatic carbocycles. The number of nitrogens with one attached hydrogen (secondary N) is 1. The van der Waals surface area contributed by atoms with E-state index in [0.29, 0.717) is 12.0 Å². The van der Waals surface area contributed by atoms with Crippen LogP contribution >= 0.6 is 0 Å². The molecule has 3 nitrogen and oxygen atoms in total. The summed E-state index contributed by atoms with van der Waals surface area (Å²) in [6.45, 7) is 7.48. The van der Waals surface area contributed by atoms with Crippen LogP contribution in [0.3, 0.4) is 0 Å². The predicted octanol–water partition coefficient (Wildman–Crippen LogP) is 2.27. The third-order valence-corrected chi connectivity index (χ3v) is 2.97. The van der Waals surface area contributed by atoms with Crippen molar-refractivity contribution in [3.8, 4) is 0 Å². The normalized spacial score (nSPS) is 14.9. The van der Waals surface area contributed by atoms with E-state index in [4.69, 9.17) is 4.74 Å². The van der Waals surface area contributed by atoms with E-state index < -0.39 is 0 Å². The summed E-state index contributed by atoms with van der Waals surface area (Å²) >= 11 is 0. The van der Waals surface area contributed by atoms with Gasteiger partial charge in [-0.1, -0.05) is 26.8 Å². The van der Waals surface area contributed by atoms with Crippen molar-refractivity contribution in [3.05, 3.63) is 30.1 Å². The van der Waals surface area contributed by atoms with Crippen LogP contribution in [-0.4, -0.2) is 30.8 Å². The maximum Gasteiger partial charge on any atom is 0.0750 e. The van der Waals surface area contributed by atoms with Crippen LogP contribution in [0, 0.1) is 5.92 Å². The molecule has 0 aliphatic heterocycles. The Morgan fingerprint density at radius 2 is 2.18 bits per heavy atom. The third kappa shape index (κ3) is 4.44. The van der Waals surface area contributed by atoms with Crippen molar-refractivity contribution in [2.24, 2.45) is 5.92 Å². The van der Waals surface area contributed by atoms with Crippen LogP contribution in [-0.2, 0) is 11.2 Å². The van der Waals surface area contributed by atoms with Crippen LogP contribution in [0.5, 0.6) is 0 Å². The quantitative estimate of drug-likeness (QED) is 0.788. The minimum Gasteiger partial charge on any atom is -0.380 e. The van der Waals surface area contributed by atoms with Gasteiger partial charge in [0.25, 0.3) is 0 Å². The molecule has 0 aromatic carbocycles. The van der Waals surface area contributed by atoms with Crippen LogP contribution in [0.4, 0.5) is 0 Å². The van der Waals surface area contributed by atoms with E-state index in [-0.39, 0.29) is 6.10 Å². The zero-order valence-corrected chi connectivity index (χ0v) is 11.3. The summed E-state index contributed by atoms with van der Waals surface area (Å²) in [5.74, 6) is 0.501. The first-order valence-electron chi connectivity index (χ1n) is 6.34. The average Bonchev–Trinajstić information content (AvgIpc) is 2.31. The van der Waals surface area contributed by atoms with Crippen LogP contribution in [0.15, 0.2) is 24.5 Å². The van der Waals surface area contributed by atoms with Crippen LogP contribution in [0.1, 0.15) is 26.3 Å². The van der Waals surface area contributed by atoms with Gasteiger partial charge < -0.3 is 10.1 Å². The van der Waals surface area contributed by atoms with Crippen molar-refractivity contribution >= 4 is 0 Å². The number of likely N-dealkylation sites (N-methyl/N-ethyl adjacent to an activating group) is 1. The lowest BCUT2D eigenvalue weighted by Gasteiger charge is -2.29. The molecule has 3 heteroatoms. The molecule has 0 spiro atoms. The zero-order chi connectivity index (χ0) is 12.7. The Hall–Kier alpha value is -0.930. The third-order valence-electron chi connectivity index (χ3n) is 2.97. The minimum atomic E-state index is 0.232. The molecule has 1 rings (SSSR count). The fourth-order valence-corrected chi connectivity index (χ4v) is 2.24. The standard InChI is InChI=1S/C14H24N2O/c1-5-16-13(14(17-4)11(2)3)9-12-7-6-8-15-10-12/h6-8,10-11,13-14,16H,5,9H2,1-4H3. The van der Waals surface area contributed by atoms with E-state index in [1.165, 1.54) is 5.56 Å². The molecule has 1 heterocycles. The van der Waals surface area contributed by atoms with Gasteiger partial charge in [0.15, 0.2) is 0 Å². The van der Waals surface area contributed by atoms with Gasteiger partial charge in [-0.2, -0.15) is 0 Å². The number of methoxy groups -OCH3 is 1. The molecule has 1 N–H and O–H groups in total. The van der Waals surface area contributed by atoms with Gasteiger partial charge in [-0.25, -0.2) is 0 Å². The molecule has 0 saturated heterocycles. The Balaban J connectivity index is 2.71. The fourth-order valence-electron chi connectivity index (χ4n) is 2.24. The number of aromatic nitrogens is 1. The molecule has 1 aromatic heterocycles. The SMILES string of the molecule is CCNC(Cc1cccnc1)C(OC)C(C)C. The number of hydrogen-bond donors (Lipinski definition) is 1. The van der Waals surface area contributed by atoms with Crippen molar-refractivity contribution in [1.82, 2.24) is 10.3 Å². The van der Waals surface area contributed by atoms with Crippen molar-refractivity contribution in [1.29, 1.82) is 0 Å². The van der Waals surface area contributed by atoms with Crippen LogP contribution in [0.25, 0.3) is 0 Å². The Labute approximate surface area is 105 Å². The molecular formula is C14H24N2O. The second kappa shape index (κ2) is 7.41. The number of nitrogens with zero attached hydrogens (tertiary/aromatic N) is 1. The van der Waals surface area contributed by atoms with E-state index in [9.17, 15) is 0 Å². The molecule has 17 heavy (non-hydrogen) atoms. The Morgan fingerprint density at radius 3 is 2.65 bits per heavy atom. The van der Waals surface area contributed by atoms with Crippen molar-refractivity contribution in [3.63, 3.8) is 0 Å². The van der Waals surface area contributed by atoms with Gasteiger partial charge >= 0.3 is 0 Å². The van der Waals surface area contributed by atoms with Gasteiger partial charge in [-0.3, -0.25) is 4.98 Å². The Bertz CT molecular complexity index is 300. The molecule has 0 aliphatic rings. The summed E-state index contributed by atoms with van der Waals surface area (Å²) in [6, 6.07) is 4.44. The maximum atomic E-state index is 5.62. The number of pyridine rings is 1. The highest BCUT2D eigenvalue weighted by atomic mass is 16.5. The summed E-state index contributed by atoms with van der Waals surface area (Å²) in [5, 5.41) is 3.51. The van der Waals surface area contributed by atoms with Crippen molar-refractivity contribution in [2.75, 3.05) is 13.7 Å². The fraction of sp³-hybridized carbons (Fsp3) is 0.643. The van der Waals surface area contributed by atoms with Gasteiger partial charge in [-0.05, 0) is 30.5 Å². The summed E-state index contributed by atoms with van der Waals surface area (Å²) in [6.07, 6.45) is 4.92. The lowest BCUT2D eigenvalue weighted by molar-refractivity contribution is 0.0337. The minimum absolute atomic E-state index is 0.232. The first kappa shape index (κ1) is 14.1. The first-order valence-corrected chi connectivity index (χ1v) is 6.34. The van der Waals surface area contributed by atoms with E-state index in [1.807, 2.05) is 18.5 Å². The molecule has 0 amide bonds. The summed E-state index contributed by atoms with van der Waals surface area (Å²) < 4.78 is 5.62. The average molecular weight is 236 g/mol.